The van der Waals surface area contributed by atoms with Crippen LogP contribution in [-0.4, -0.2) is 228 Å². The number of carbonyl (C=O) groups excluding carboxylic acids is 2. The highest BCUT2D eigenvalue weighted by Gasteiger charge is 2.77. The third kappa shape index (κ3) is 12.5. The molecule has 86 heavy (non-hydrogen) atoms. The van der Waals surface area contributed by atoms with E-state index in [0.29, 0.717) is 32.1 Å². The number of ketones is 1. The Morgan fingerprint density at radius 2 is 1.19 bits per heavy atom. The summed E-state index contributed by atoms with van der Waals surface area (Å²) in [5.74, 6) is -1.79. The summed E-state index contributed by atoms with van der Waals surface area (Å²) in [6, 6.07) is 9.40. The van der Waals surface area contributed by atoms with Gasteiger partial charge in [-0.05, 0) is 96.6 Å². The van der Waals surface area contributed by atoms with E-state index in [9.17, 15) is 45.3 Å². The molecule has 0 spiro atoms. The fraction of sp³-hybridized carbons (Fsp3) is 0.810. The molecule has 3 saturated carbocycles. The Morgan fingerprint density at radius 1 is 0.651 bits per heavy atom. The van der Waals surface area contributed by atoms with Crippen molar-refractivity contribution >= 4 is 17.8 Å². The number of carbonyl (C=O) groups is 2. The molecule has 7 N–H and O–H groups in total. The molecule has 4 aliphatic carbocycles. The predicted molar refractivity (Wildman–Crippen MR) is 302 cm³/mol. The number of benzene rings is 1. The third-order valence-electron chi connectivity index (χ3n) is 21.2. The zero-order valence-corrected chi connectivity index (χ0v) is 51.2. The van der Waals surface area contributed by atoms with Crippen LogP contribution in [0.25, 0.3) is 6.08 Å². The van der Waals surface area contributed by atoms with Gasteiger partial charge in [-0.3, -0.25) is 4.79 Å². The van der Waals surface area contributed by atoms with Crippen molar-refractivity contribution < 1.29 is 112 Å². The van der Waals surface area contributed by atoms with Crippen LogP contribution >= 0.6 is 0 Å². The maximum atomic E-state index is 13.6. The summed E-state index contributed by atoms with van der Waals surface area (Å²) in [6.07, 6.45) is -10.2. The minimum absolute atomic E-state index is 0.108. The van der Waals surface area contributed by atoms with E-state index in [2.05, 4.69) is 6.92 Å². The minimum Gasteiger partial charge on any atom is -0.458 e. The van der Waals surface area contributed by atoms with Crippen molar-refractivity contribution in [3.8, 4) is 0 Å². The third-order valence-corrected chi connectivity index (χ3v) is 21.2. The number of ether oxygens (including phenoxy) is 14. The Bertz CT molecular complexity index is 2510. The molecule has 0 aromatic heterocycles. The SMILES string of the molecule is CO[C@H]1C[C@H](O[C@@H]2[C@@H](C)O[C@@H](O[C@H]3[C@@H](O)C[C@H](O[C@H]4CC[C@@]5(C)C(=CC[C@]6(O)[C@@H]5C[C@@H](OC(=O)/C=C/c5ccccc5)[C@]5(C)[C@H](C(C)=O)CC[C@@]56O)C4)O[C@@H]3C)C[C@H]2OC)O[C@H](C)[C@H]1O[C@H]1C[C@H](OC)[C@H](O[C@@H]2O[C@H](CO)[C@@H](O)[C@H](O)[C@H]2O)[C@@H](C)O1. The summed E-state index contributed by atoms with van der Waals surface area (Å²) in [7, 11) is 4.68. The van der Waals surface area contributed by atoms with Crippen LogP contribution in [0.2, 0.25) is 0 Å². The predicted octanol–water partition coefficient (Wildman–Crippen LogP) is 3.29. The van der Waals surface area contributed by atoms with Gasteiger partial charge in [-0.2, -0.15) is 0 Å². The molecule has 1 aromatic carbocycles. The Morgan fingerprint density at radius 3 is 1.72 bits per heavy atom. The summed E-state index contributed by atoms with van der Waals surface area (Å²) >= 11 is 0. The van der Waals surface area contributed by atoms with Crippen molar-refractivity contribution in [2.24, 2.45) is 22.7 Å². The number of aliphatic hydroxyl groups is 7. The molecule has 484 valence electrons. The second-order valence-electron chi connectivity index (χ2n) is 26.1. The van der Waals surface area contributed by atoms with Crippen LogP contribution in [0.1, 0.15) is 125 Å². The van der Waals surface area contributed by atoms with Crippen LogP contribution in [0.15, 0.2) is 48.1 Å². The molecule has 9 aliphatic rings. The fourth-order valence-electron chi connectivity index (χ4n) is 16.4. The first-order chi connectivity index (χ1) is 40.9. The second kappa shape index (κ2) is 26.7. The molecule has 5 heterocycles. The van der Waals surface area contributed by atoms with E-state index in [1.807, 2.05) is 64.1 Å². The quantitative estimate of drug-likeness (QED) is 0.0630. The first-order valence-electron chi connectivity index (χ1n) is 30.9. The van der Waals surface area contributed by atoms with Crippen molar-refractivity contribution in [3.63, 3.8) is 0 Å². The van der Waals surface area contributed by atoms with Crippen molar-refractivity contribution in [1.82, 2.24) is 0 Å². The molecule has 0 bridgehead atoms. The fourth-order valence-corrected chi connectivity index (χ4v) is 16.4. The van der Waals surface area contributed by atoms with Gasteiger partial charge in [-0.1, -0.05) is 55.8 Å². The first kappa shape index (κ1) is 66.0. The van der Waals surface area contributed by atoms with Crippen molar-refractivity contribution in [2.45, 2.75) is 272 Å². The van der Waals surface area contributed by atoms with Crippen molar-refractivity contribution in [3.05, 3.63) is 53.6 Å². The van der Waals surface area contributed by atoms with E-state index in [1.165, 1.54) is 20.1 Å². The van der Waals surface area contributed by atoms with Gasteiger partial charge < -0.3 is 102 Å². The van der Waals surface area contributed by atoms with Crippen LogP contribution in [0.3, 0.4) is 0 Å². The molecule has 1 aromatic rings. The number of methoxy groups -OCH3 is 3. The smallest absolute Gasteiger partial charge is 0.331 e. The van der Waals surface area contributed by atoms with E-state index < -0.39 is 182 Å². The molecular weight excluding hydrogens is 1120 g/mol. The monoisotopic (exact) mass is 1220 g/mol. The molecule has 23 heteroatoms. The largest absolute Gasteiger partial charge is 0.458 e. The molecular formula is C63H94O23. The maximum Gasteiger partial charge on any atom is 0.331 e. The highest BCUT2D eigenvalue weighted by atomic mass is 16.8. The van der Waals surface area contributed by atoms with Crippen LogP contribution in [-0.2, 0) is 75.9 Å². The van der Waals surface area contributed by atoms with Gasteiger partial charge in [0.1, 0.15) is 71.9 Å². The normalized spacial score (nSPS) is 48.8. The lowest BCUT2D eigenvalue weighted by atomic mass is 9.43. The van der Waals surface area contributed by atoms with Crippen LogP contribution in [0.4, 0.5) is 0 Å². The summed E-state index contributed by atoms with van der Waals surface area (Å²) in [5, 5.41) is 78.5. The number of rotatable bonds is 18. The molecule has 0 unspecified atom stereocenters. The number of esters is 1. The van der Waals surface area contributed by atoms with Gasteiger partial charge in [-0.15, -0.1) is 0 Å². The standard InChI is InChI=1S/C63H94O23/c1-31(65)39-20-23-63(72)61(39,7)46(82-47(67)17-16-36-14-12-11-13-15-36)29-45-60(6)21-19-38(24-37(60)18-22-62(45,63)71)80-48-25-40(66)55(32(2)76-48)83-49-26-41(73-8)56(33(3)77-49)84-50-27-42(74-9)57(34(4)78-50)85-51-28-43(75-10)58(35(5)79-51)86-59-54(70)53(69)52(68)44(30-64)81-59/h11-18,32-35,38-46,48-59,64,66,68-72H,19-30H2,1-10H3/b17-16+/t32-,33-,34-,35-,38+,39+,40+,41-,42+,43+,44-,45-,46-,48+,49+,50+,51+,52-,53+,54-,55-,56-,57-,58-,59+,60+,61+,62+,63-/m1/s1. The van der Waals surface area contributed by atoms with Crippen LogP contribution in [0.5, 0.6) is 0 Å². The van der Waals surface area contributed by atoms with Crippen LogP contribution in [0, 0.1) is 22.7 Å². The van der Waals surface area contributed by atoms with Gasteiger partial charge >= 0.3 is 5.97 Å². The molecule has 10 rings (SSSR count). The second-order valence-corrected chi connectivity index (χ2v) is 26.1. The molecule has 8 fully saturated rings. The van der Waals surface area contributed by atoms with Gasteiger partial charge in [0.15, 0.2) is 31.5 Å². The topological polar surface area (TPSA) is 305 Å². The Hall–Kier alpha value is -2.96. The Labute approximate surface area is 503 Å². The molecule has 0 amide bonds. The average Bonchev–Trinajstić information content (AvgIpc) is 1.29. The number of hydrogen-bond acceptors (Lipinski definition) is 23. The Balaban J connectivity index is 0.709. The van der Waals surface area contributed by atoms with Gasteiger partial charge in [0.05, 0.1) is 61.5 Å². The number of hydrogen-bond donors (Lipinski definition) is 7. The first-order valence-corrected chi connectivity index (χ1v) is 30.9. The average molecular weight is 1220 g/mol. The van der Waals surface area contributed by atoms with Gasteiger partial charge in [0.25, 0.3) is 0 Å². The summed E-state index contributed by atoms with van der Waals surface area (Å²) in [6.45, 7) is 12.2. The zero-order chi connectivity index (χ0) is 61.8. The molecule has 29 atom stereocenters. The number of aliphatic hydroxyl groups excluding tert-OH is 5. The van der Waals surface area contributed by atoms with Crippen molar-refractivity contribution in [1.29, 1.82) is 0 Å². The van der Waals surface area contributed by atoms with Gasteiger partial charge in [-0.25, -0.2) is 4.79 Å². The summed E-state index contributed by atoms with van der Waals surface area (Å²) in [4.78, 5) is 26.9. The Kier molecular flexibility index (Phi) is 20.5. The lowest BCUT2D eigenvalue weighted by Crippen LogP contribution is -2.75. The number of fused-ring (bicyclic) bond motifs is 5. The number of Topliss-reactive ketones (excluding diaryl/α,β-unsaturated/α-hetero) is 1. The molecule has 23 nitrogen and oxygen atoms in total. The highest BCUT2D eigenvalue weighted by Crippen LogP contribution is 2.70. The summed E-state index contributed by atoms with van der Waals surface area (Å²) < 4.78 is 87.6. The maximum absolute atomic E-state index is 13.6. The lowest BCUT2D eigenvalue weighted by Gasteiger charge is -2.66. The molecule has 5 aliphatic heterocycles. The zero-order valence-electron chi connectivity index (χ0n) is 51.2. The highest BCUT2D eigenvalue weighted by molar-refractivity contribution is 5.87. The van der Waals surface area contributed by atoms with E-state index in [4.69, 9.17) is 66.3 Å². The van der Waals surface area contributed by atoms with Gasteiger partial charge in [0, 0.05) is 70.3 Å². The van der Waals surface area contributed by atoms with E-state index in [0.717, 1.165) is 11.1 Å². The molecule has 5 saturated heterocycles. The van der Waals surface area contributed by atoms with E-state index in [-0.39, 0.29) is 50.4 Å². The van der Waals surface area contributed by atoms with E-state index >= 15 is 0 Å². The van der Waals surface area contributed by atoms with Gasteiger partial charge in [0.2, 0.25) is 0 Å². The molecule has 0 radical (unpaired) electrons. The summed E-state index contributed by atoms with van der Waals surface area (Å²) in [5.41, 5.74) is -3.21. The van der Waals surface area contributed by atoms with Crippen molar-refractivity contribution in [2.75, 3.05) is 27.9 Å². The van der Waals surface area contributed by atoms with E-state index in [1.54, 1.807) is 27.2 Å². The minimum atomic E-state index is -1.71. The lowest BCUT2D eigenvalue weighted by molar-refractivity contribution is -0.358. The van der Waals surface area contributed by atoms with Crippen LogP contribution < -0.4 is 0 Å².